The fourth-order valence-electron chi connectivity index (χ4n) is 1.79. The third kappa shape index (κ3) is 3.74. The molecule has 1 atom stereocenters. The number of hydrogen-bond acceptors (Lipinski definition) is 5. The summed E-state index contributed by atoms with van der Waals surface area (Å²) in [5.41, 5.74) is 0.977. The maximum absolute atomic E-state index is 12.1. The van der Waals surface area contributed by atoms with E-state index in [0.717, 1.165) is 22.0 Å². The molecule has 1 amide bonds. The van der Waals surface area contributed by atoms with E-state index < -0.39 is 0 Å². The van der Waals surface area contributed by atoms with Crippen LogP contribution in [0, 0.1) is 10.9 Å². The van der Waals surface area contributed by atoms with E-state index in [1.165, 1.54) is 16.2 Å². The molecular formula is C13H17N3OS3. The van der Waals surface area contributed by atoms with Gasteiger partial charge in [0.1, 0.15) is 5.01 Å². The first-order chi connectivity index (χ1) is 9.49. The molecule has 2 rings (SSSR count). The fraction of sp³-hybridized carbons (Fsp3) is 0.462. The Balaban J connectivity index is 1.97. The molecule has 2 aromatic heterocycles. The molecule has 0 aliphatic carbocycles. The molecule has 0 fully saturated rings. The summed E-state index contributed by atoms with van der Waals surface area (Å²) in [6.07, 6.45) is 3.22. The van der Waals surface area contributed by atoms with E-state index in [9.17, 15) is 4.79 Å². The molecule has 0 spiro atoms. The lowest BCUT2D eigenvalue weighted by Gasteiger charge is -2.10. The molecule has 0 saturated carbocycles. The lowest BCUT2D eigenvalue weighted by molar-refractivity contribution is -0.121. The summed E-state index contributed by atoms with van der Waals surface area (Å²) in [4.78, 5) is 21.7. The van der Waals surface area contributed by atoms with Crippen molar-refractivity contribution in [3.05, 3.63) is 30.6 Å². The van der Waals surface area contributed by atoms with Gasteiger partial charge in [0.25, 0.3) is 0 Å². The zero-order valence-corrected chi connectivity index (χ0v) is 14.1. The fourth-order valence-corrected chi connectivity index (χ4v) is 3.94. The van der Waals surface area contributed by atoms with Crippen LogP contribution < -0.4 is 5.32 Å². The highest BCUT2D eigenvalue weighted by Crippen LogP contribution is 2.21. The summed E-state index contributed by atoms with van der Waals surface area (Å²) in [7, 11) is 0. The van der Waals surface area contributed by atoms with E-state index >= 15 is 0 Å². The molecule has 4 nitrogen and oxygen atoms in total. The Labute approximate surface area is 131 Å². The summed E-state index contributed by atoms with van der Waals surface area (Å²) in [5, 5.41) is 3.94. The van der Waals surface area contributed by atoms with Crippen LogP contribution in [0.15, 0.2) is 6.20 Å². The van der Waals surface area contributed by atoms with Crippen LogP contribution in [0.2, 0.25) is 0 Å². The SMILES string of the molecule is CCc1cnc(C(C)NC(=O)Cc2sc(=S)[nH]c2C)s1. The first-order valence-corrected chi connectivity index (χ1v) is 8.46. The number of aromatic amines is 1. The number of nitrogens with zero attached hydrogens (tertiary/aromatic N) is 1. The molecule has 7 heteroatoms. The number of amides is 1. The number of aromatic nitrogens is 2. The molecule has 2 heterocycles. The average molecular weight is 328 g/mol. The normalized spacial score (nSPS) is 12.3. The van der Waals surface area contributed by atoms with E-state index in [-0.39, 0.29) is 11.9 Å². The van der Waals surface area contributed by atoms with E-state index in [2.05, 4.69) is 22.2 Å². The monoisotopic (exact) mass is 327 g/mol. The molecule has 2 N–H and O–H groups in total. The van der Waals surface area contributed by atoms with Crippen molar-refractivity contribution < 1.29 is 4.79 Å². The Bertz CT molecular complexity index is 656. The number of carbonyl (C=O) groups excluding carboxylic acids is 1. The number of rotatable bonds is 5. The molecule has 2 aromatic rings. The van der Waals surface area contributed by atoms with Gasteiger partial charge in [-0.3, -0.25) is 4.79 Å². The lowest BCUT2D eigenvalue weighted by atomic mass is 10.2. The van der Waals surface area contributed by atoms with Gasteiger partial charge in [0.15, 0.2) is 3.95 Å². The summed E-state index contributed by atoms with van der Waals surface area (Å²) in [5.74, 6) is -0.000835. The minimum absolute atomic E-state index is 0.000835. The Hall–Kier alpha value is -1.05. The second-order valence-electron chi connectivity index (χ2n) is 4.55. The molecule has 0 saturated heterocycles. The van der Waals surface area contributed by atoms with Crippen LogP contribution in [-0.2, 0) is 17.6 Å². The smallest absolute Gasteiger partial charge is 0.225 e. The first-order valence-electron chi connectivity index (χ1n) is 6.42. The number of aryl methyl sites for hydroxylation is 2. The first kappa shape index (κ1) is 15.3. The third-order valence-corrected chi connectivity index (χ3v) is 5.57. The number of hydrogen-bond donors (Lipinski definition) is 2. The molecule has 0 aromatic carbocycles. The zero-order chi connectivity index (χ0) is 14.7. The molecule has 108 valence electrons. The van der Waals surface area contributed by atoms with Gasteiger partial charge in [-0.1, -0.05) is 6.92 Å². The molecular weight excluding hydrogens is 310 g/mol. The van der Waals surface area contributed by atoms with Crippen LogP contribution in [0.25, 0.3) is 0 Å². The Morgan fingerprint density at radius 1 is 1.55 bits per heavy atom. The minimum Gasteiger partial charge on any atom is -0.347 e. The van der Waals surface area contributed by atoms with Crippen molar-refractivity contribution >= 4 is 40.8 Å². The highest BCUT2D eigenvalue weighted by Gasteiger charge is 2.15. The number of nitrogens with one attached hydrogen (secondary N) is 2. The van der Waals surface area contributed by atoms with Crippen molar-refractivity contribution in [2.24, 2.45) is 0 Å². The highest BCUT2D eigenvalue weighted by atomic mass is 32.1. The maximum atomic E-state index is 12.1. The largest absolute Gasteiger partial charge is 0.347 e. The van der Waals surface area contributed by atoms with Gasteiger partial charge in [-0.2, -0.15) is 0 Å². The van der Waals surface area contributed by atoms with Crippen LogP contribution in [0.3, 0.4) is 0 Å². The van der Waals surface area contributed by atoms with Crippen molar-refractivity contribution in [3.8, 4) is 0 Å². The predicted molar refractivity (Wildman–Crippen MR) is 86.0 cm³/mol. The minimum atomic E-state index is -0.0555. The molecule has 0 aliphatic rings. The van der Waals surface area contributed by atoms with E-state index in [4.69, 9.17) is 12.2 Å². The van der Waals surface area contributed by atoms with Gasteiger partial charge in [-0.15, -0.1) is 22.7 Å². The molecule has 0 aliphatic heterocycles. The van der Waals surface area contributed by atoms with Crippen molar-refractivity contribution in [3.63, 3.8) is 0 Å². The van der Waals surface area contributed by atoms with Gasteiger partial charge in [0.05, 0.1) is 12.5 Å². The van der Waals surface area contributed by atoms with Crippen LogP contribution in [0.1, 0.15) is 40.3 Å². The average Bonchev–Trinajstić information content (AvgIpc) is 2.96. The molecule has 0 bridgehead atoms. The molecule has 0 radical (unpaired) electrons. The number of thiazole rings is 2. The van der Waals surface area contributed by atoms with Crippen molar-refractivity contribution in [2.45, 2.75) is 39.7 Å². The topological polar surface area (TPSA) is 57.8 Å². The van der Waals surface area contributed by atoms with Gasteiger partial charge in [-0.05, 0) is 32.5 Å². The second kappa shape index (κ2) is 6.60. The summed E-state index contributed by atoms with van der Waals surface area (Å²) in [6, 6.07) is -0.0555. The summed E-state index contributed by atoms with van der Waals surface area (Å²) < 4.78 is 0.714. The zero-order valence-electron chi connectivity index (χ0n) is 11.6. The van der Waals surface area contributed by atoms with Gasteiger partial charge in [0, 0.05) is 21.6 Å². The predicted octanol–water partition coefficient (Wildman–Crippen LogP) is 3.55. The Morgan fingerprint density at radius 2 is 2.30 bits per heavy atom. The lowest BCUT2D eigenvalue weighted by Crippen LogP contribution is -2.27. The summed E-state index contributed by atoms with van der Waals surface area (Å²) in [6.45, 7) is 6.00. The quantitative estimate of drug-likeness (QED) is 0.826. The van der Waals surface area contributed by atoms with Crippen molar-refractivity contribution in [1.29, 1.82) is 0 Å². The van der Waals surface area contributed by atoms with Crippen LogP contribution in [-0.4, -0.2) is 15.9 Å². The van der Waals surface area contributed by atoms with Gasteiger partial charge in [0.2, 0.25) is 5.91 Å². The molecule has 1 unspecified atom stereocenters. The number of H-pyrrole nitrogens is 1. The van der Waals surface area contributed by atoms with E-state index in [1.807, 2.05) is 20.0 Å². The van der Waals surface area contributed by atoms with Crippen molar-refractivity contribution in [1.82, 2.24) is 15.3 Å². The number of carbonyl (C=O) groups is 1. The van der Waals surface area contributed by atoms with Crippen molar-refractivity contribution in [2.75, 3.05) is 0 Å². The standard InChI is InChI=1S/C13H17N3OS3/c1-4-9-6-14-12(19-9)8(3)15-11(17)5-10-7(2)16-13(18)20-10/h6,8H,4-5H2,1-3H3,(H,15,17)(H,16,18). The van der Waals surface area contributed by atoms with E-state index in [1.54, 1.807) is 11.3 Å². The Morgan fingerprint density at radius 3 is 2.85 bits per heavy atom. The van der Waals surface area contributed by atoms with Crippen LogP contribution in [0.4, 0.5) is 0 Å². The second-order valence-corrected chi connectivity index (χ2v) is 7.47. The third-order valence-electron chi connectivity index (χ3n) is 2.91. The highest BCUT2D eigenvalue weighted by molar-refractivity contribution is 7.73. The van der Waals surface area contributed by atoms with Gasteiger partial charge < -0.3 is 10.3 Å². The summed E-state index contributed by atoms with van der Waals surface area (Å²) >= 11 is 8.19. The van der Waals surface area contributed by atoms with Crippen LogP contribution in [0.5, 0.6) is 0 Å². The Kier molecular flexibility index (Phi) is 5.06. The van der Waals surface area contributed by atoms with E-state index in [0.29, 0.717) is 10.4 Å². The molecule has 20 heavy (non-hydrogen) atoms. The maximum Gasteiger partial charge on any atom is 0.225 e. The van der Waals surface area contributed by atoms with Gasteiger partial charge >= 0.3 is 0 Å². The van der Waals surface area contributed by atoms with Crippen LogP contribution >= 0.6 is 34.9 Å². The van der Waals surface area contributed by atoms with Gasteiger partial charge in [-0.25, -0.2) is 4.98 Å².